The van der Waals surface area contributed by atoms with Crippen LogP contribution in [0.15, 0.2) is 18.2 Å². The first kappa shape index (κ1) is 12.3. The first-order chi connectivity index (χ1) is 6.81. The number of benzene rings is 1. The second-order valence-electron chi connectivity index (χ2n) is 3.54. The van der Waals surface area contributed by atoms with Crippen LogP contribution in [0.25, 0.3) is 0 Å². The SMILES string of the molecule is COc1cc(F)ccc1[C@@H]1CCCN1.Cl. The third kappa shape index (κ3) is 2.61. The fraction of sp³-hybridized carbons (Fsp3) is 0.455. The van der Waals surface area contributed by atoms with Crippen LogP contribution in [-0.4, -0.2) is 13.7 Å². The Hall–Kier alpha value is -0.800. The van der Waals surface area contributed by atoms with Crippen LogP contribution in [0.3, 0.4) is 0 Å². The molecule has 0 radical (unpaired) electrons. The van der Waals surface area contributed by atoms with E-state index in [4.69, 9.17) is 4.74 Å². The summed E-state index contributed by atoms with van der Waals surface area (Å²) in [5.41, 5.74) is 1.06. The average Bonchev–Trinajstić information content (AvgIpc) is 2.70. The Kier molecular flexibility index (Phi) is 4.36. The first-order valence-electron chi connectivity index (χ1n) is 4.88. The van der Waals surface area contributed by atoms with Crippen LogP contribution >= 0.6 is 12.4 Å². The Morgan fingerprint density at radius 1 is 1.47 bits per heavy atom. The molecule has 0 unspecified atom stereocenters. The molecule has 1 aromatic carbocycles. The van der Waals surface area contributed by atoms with Crippen molar-refractivity contribution in [1.29, 1.82) is 0 Å². The largest absolute Gasteiger partial charge is 0.496 e. The van der Waals surface area contributed by atoms with Gasteiger partial charge in [0.1, 0.15) is 11.6 Å². The number of ether oxygens (including phenoxy) is 1. The fourth-order valence-corrected chi connectivity index (χ4v) is 1.92. The Morgan fingerprint density at radius 2 is 2.27 bits per heavy atom. The number of hydrogen-bond donors (Lipinski definition) is 1. The van der Waals surface area contributed by atoms with Crippen molar-refractivity contribution < 1.29 is 9.13 Å². The maximum Gasteiger partial charge on any atom is 0.126 e. The maximum absolute atomic E-state index is 12.9. The van der Waals surface area contributed by atoms with Gasteiger partial charge in [-0.2, -0.15) is 0 Å². The summed E-state index contributed by atoms with van der Waals surface area (Å²) < 4.78 is 18.1. The van der Waals surface area contributed by atoms with Gasteiger partial charge in [0.25, 0.3) is 0 Å². The lowest BCUT2D eigenvalue weighted by Gasteiger charge is -2.14. The molecule has 4 heteroatoms. The highest BCUT2D eigenvalue weighted by molar-refractivity contribution is 5.85. The highest BCUT2D eigenvalue weighted by atomic mass is 35.5. The molecule has 0 aliphatic carbocycles. The Morgan fingerprint density at radius 3 is 2.87 bits per heavy atom. The smallest absolute Gasteiger partial charge is 0.126 e. The zero-order valence-corrected chi connectivity index (χ0v) is 9.44. The predicted molar refractivity (Wildman–Crippen MR) is 60.2 cm³/mol. The van der Waals surface area contributed by atoms with Crippen LogP contribution in [0.5, 0.6) is 5.75 Å². The van der Waals surface area contributed by atoms with Crippen LogP contribution in [0, 0.1) is 5.82 Å². The molecular weight excluding hydrogens is 217 g/mol. The molecule has 1 saturated heterocycles. The minimum atomic E-state index is -0.247. The number of nitrogens with one attached hydrogen (secondary N) is 1. The van der Waals surface area contributed by atoms with Crippen LogP contribution in [0.4, 0.5) is 4.39 Å². The monoisotopic (exact) mass is 231 g/mol. The molecule has 1 aliphatic heterocycles. The molecule has 0 spiro atoms. The summed E-state index contributed by atoms with van der Waals surface area (Å²) in [6.45, 7) is 1.03. The van der Waals surface area contributed by atoms with E-state index in [1.807, 2.05) is 0 Å². The predicted octanol–water partition coefficient (Wildman–Crippen LogP) is 2.68. The molecule has 1 aliphatic rings. The van der Waals surface area contributed by atoms with Gasteiger partial charge in [0.05, 0.1) is 7.11 Å². The van der Waals surface area contributed by atoms with Crippen LogP contribution in [0.1, 0.15) is 24.4 Å². The molecule has 1 fully saturated rings. The quantitative estimate of drug-likeness (QED) is 0.845. The molecule has 1 aromatic rings. The van der Waals surface area contributed by atoms with Crippen molar-refractivity contribution in [2.24, 2.45) is 0 Å². The Labute approximate surface area is 95.2 Å². The molecule has 0 bridgehead atoms. The van der Waals surface area contributed by atoms with Crippen molar-refractivity contribution >= 4 is 12.4 Å². The molecule has 0 aromatic heterocycles. The summed E-state index contributed by atoms with van der Waals surface area (Å²) >= 11 is 0. The van der Waals surface area contributed by atoms with Crippen molar-refractivity contribution in [3.8, 4) is 5.75 Å². The first-order valence-corrected chi connectivity index (χ1v) is 4.88. The van der Waals surface area contributed by atoms with Crippen LogP contribution in [-0.2, 0) is 0 Å². The van der Waals surface area contributed by atoms with Gasteiger partial charge in [-0.1, -0.05) is 6.07 Å². The lowest BCUT2D eigenvalue weighted by Crippen LogP contribution is -2.13. The summed E-state index contributed by atoms with van der Waals surface area (Å²) in [5, 5.41) is 3.36. The molecule has 2 rings (SSSR count). The minimum Gasteiger partial charge on any atom is -0.496 e. The van der Waals surface area contributed by atoms with Gasteiger partial charge in [-0.15, -0.1) is 12.4 Å². The van der Waals surface area contributed by atoms with Gasteiger partial charge in [-0.3, -0.25) is 0 Å². The van der Waals surface area contributed by atoms with E-state index in [9.17, 15) is 4.39 Å². The summed E-state index contributed by atoms with van der Waals surface area (Å²) in [5.74, 6) is 0.396. The average molecular weight is 232 g/mol. The summed E-state index contributed by atoms with van der Waals surface area (Å²) in [4.78, 5) is 0. The summed E-state index contributed by atoms with van der Waals surface area (Å²) in [6.07, 6.45) is 2.27. The molecule has 1 heterocycles. The minimum absolute atomic E-state index is 0. The van der Waals surface area contributed by atoms with E-state index in [0.29, 0.717) is 11.8 Å². The number of hydrogen-bond acceptors (Lipinski definition) is 2. The molecule has 1 atom stereocenters. The lowest BCUT2D eigenvalue weighted by atomic mass is 10.0. The van der Waals surface area contributed by atoms with Gasteiger partial charge in [0.15, 0.2) is 0 Å². The highest BCUT2D eigenvalue weighted by Gasteiger charge is 2.19. The zero-order chi connectivity index (χ0) is 9.97. The number of halogens is 2. The Bertz CT molecular complexity index is 326. The maximum atomic E-state index is 12.9. The van der Waals surface area contributed by atoms with E-state index in [2.05, 4.69) is 5.32 Å². The van der Waals surface area contributed by atoms with Gasteiger partial charge in [0.2, 0.25) is 0 Å². The molecule has 84 valence electrons. The van der Waals surface area contributed by atoms with Gasteiger partial charge < -0.3 is 10.1 Å². The Balaban J connectivity index is 0.00000112. The zero-order valence-electron chi connectivity index (χ0n) is 8.63. The summed E-state index contributed by atoms with van der Waals surface area (Å²) in [6, 6.07) is 5.05. The van der Waals surface area contributed by atoms with Gasteiger partial charge in [-0.25, -0.2) is 4.39 Å². The third-order valence-electron chi connectivity index (χ3n) is 2.63. The van der Waals surface area contributed by atoms with E-state index < -0.39 is 0 Å². The summed E-state index contributed by atoms with van der Waals surface area (Å²) in [7, 11) is 1.58. The molecule has 0 amide bonds. The molecular formula is C11H15ClFNO. The number of rotatable bonds is 2. The van der Waals surface area contributed by atoms with Crippen molar-refractivity contribution in [1.82, 2.24) is 5.32 Å². The van der Waals surface area contributed by atoms with Crippen molar-refractivity contribution in [2.75, 3.05) is 13.7 Å². The number of methoxy groups -OCH3 is 1. The van der Waals surface area contributed by atoms with Crippen LogP contribution in [0.2, 0.25) is 0 Å². The molecule has 15 heavy (non-hydrogen) atoms. The normalized spacial score (nSPS) is 19.7. The standard InChI is InChI=1S/C11H14FNO.ClH/c1-14-11-7-8(12)4-5-9(11)10-3-2-6-13-10;/h4-5,7,10,13H,2-3,6H2,1H3;1H/t10-;/m0./s1. The van der Waals surface area contributed by atoms with E-state index in [1.54, 1.807) is 13.2 Å². The molecule has 1 N–H and O–H groups in total. The van der Waals surface area contributed by atoms with Gasteiger partial charge in [-0.05, 0) is 25.5 Å². The third-order valence-corrected chi connectivity index (χ3v) is 2.63. The van der Waals surface area contributed by atoms with E-state index in [1.165, 1.54) is 18.6 Å². The van der Waals surface area contributed by atoms with Crippen molar-refractivity contribution in [3.05, 3.63) is 29.6 Å². The second-order valence-corrected chi connectivity index (χ2v) is 3.54. The van der Waals surface area contributed by atoms with Gasteiger partial charge in [0, 0.05) is 17.7 Å². The molecule has 0 saturated carbocycles. The highest BCUT2D eigenvalue weighted by Crippen LogP contribution is 2.31. The van der Waals surface area contributed by atoms with E-state index >= 15 is 0 Å². The topological polar surface area (TPSA) is 21.3 Å². The second kappa shape index (κ2) is 5.33. The van der Waals surface area contributed by atoms with Gasteiger partial charge >= 0.3 is 0 Å². The van der Waals surface area contributed by atoms with Crippen molar-refractivity contribution in [2.45, 2.75) is 18.9 Å². The van der Waals surface area contributed by atoms with E-state index in [-0.39, 0.29) is 18.2 Å². The lowest BCUT2D eigenvalue weighted by molar-refractivity contribution is 0.400. The van der Waals surface area contributed by atoms with Crippen LogP contribution < -0.4 is 10.1 Å². The molecule has 2 nitrogen and oxygen atoms in total. The van der Waals surface area contributed by atoms with E-state index in [0.717, 1.165) is 18.5 Å². The fourth-order valence-electron chi connectivity index (χ4n) is 1.92. The van der Waals surface area contributed by atoms with Crippen molar-refractivity contribution in [3.63, 3.8) is 0 Å².